The van der Waals surface area contributed by atoms with Gasteiger partial charge in [0.1, 0.15) is 0 Å². The van der Waals surface area contributed by atoms with Crippen LogP contribution in [0.4, 0.5) is 5.69 Å². The summed E-state index contributed by atoms with van der Waals surface area (Å²) in [6.45, 7) is 1.12. The van der Waals surface area contributed by atoms with Gasteiger partial charge in [0.15, 0.2) is 5.96 Å². The van der Waals surface area contributed by atoms with Crippen molar-refractivity contribution in [2.24, 2.45) is 4.99 Å². The number of benzene rings is 1. The average molecular weight is 386 g/mol. The molecule has 1 aromatic rings. The SMILES string of the molecule is CN=C(NCCC(=O)NC1CCCCC1)NC1CC(=O)N(c2ccccc2)C1. The monoisotopic (exact) mass is 385 g/mol. The molecular formula is C21H31N5O2. The molecule has 2 amide bonds. The highest BCUT2D eigenvalue weighted by Crippen LogP contribution is 2.21. The fourth-order valence-electron chi connectivity index (χ4n) is 3.89. The van der Waals surface area contributed by atoms with Crippen LogP contribution in [0.25, 0.3) is 0 Å². The fraction of sp³-hybridized carbons (Fsp3) is 0.571. The summed E-state index contributed by atoms with van der Waals surface area (Å²) < 4.78 is 0. The Balaban J connectivity index is 1.40. The lowest BCUT2D eigenvalue weighted by Crippen LogP contribution is -2.46. The number of carbonyl (C=O) groups is 2. The lowest BCUT2D eigenvalue weighted by molar-refractivity contribution is -0.122. The second-order valence-electron chi connectivity index (χ2n) is 7.54. The maximum absolute atomic E-state index is 12.3. The standard InChI is InChI=1S/C21H31N5O2/c1-22-21(23-13-12-19(27)24-16-8-4-2-5-9-16)25-17-14-20(28)26(15-17)18-10-6-3-7-11-18/h3,6-7,10-11,16-17H,2,4-5,8-9,12-15H2,1H3,(H,24,27)(H2,22,23,25). The van der Waals surface area contributed by atoms with Gasteiger partial charge in [0.05, 0.1) is 6.04 Å². The summed E-state index contributed by atoms with van der Waals surface area (Å²) in [5, 5.41) is 9.60. The van der Waals surface area contributed by atoms with Gasteiger partial charge in [-0.05, 0) is 25.0 Å². The maximum atomic E-state index is 12.3. The van der Waals surface area contributed by atoms with E-state index in [0.29, 0.717) is 37.9 Å². The molecule has 0 spiro atoms. The molecule has 0 bridgehead atoms. The van der Waals surface area contributed by atoms with Gasteiger partial charge in [-0.3, -0.25) is 14.6 Å². The minimum absolute atomic E-state index is 0.00466. The van der Waals surface area contributed by atoms with Crippen LogP contribution >= 0.6 is 0 Å². The molecular weight excluding hydrogens is 354 g/mol. The van der Waals surface area contributed by atoms with Crippen LogP contribution in [0.2, 0.25) is 0 Å². The molecule has 2 aliphatic rings. The summed E-state index contributed by atoms with van der Waals surface area (Å²) in [5.41, 5.74) is 0.916. The Labute approximate surface area is 167 Å². The van der Waals surface area contributed by atoms with Crippen LogP contribution in [0.1, 0.15) is 44.9 Å². The Morgan fingerprint density at radius 3 is 2.57 bits per heavy atom. The topological polar surface area (TPSA) is 85.8 Å². The van der Waals surface area contributed by atoms with Crippen molar-refractivity contribution in [2.75, 3.05) is 25.0 Å². The van der Waals surface area contributed by atoms with Gasteiger partial charge in [0.2, 0.25) is 11.8 Å². The molecule has 1 unspecified atom stereocenters. The first-order chi connectivity index (χ1) is 13.7. The number of para-hydroxylation sites is 1. The molecule has 1 aliphatic carbocycles. The zero-order valence-electron chi connectivity index (χ0n) is 16.6. The number of carbonyl (C=O) groups excluding carboxylic acids is 2. The molecule has 1 aromatic carbocycles. The van der Waals surface area contributed by atoms with Crippen LogP contribution in [0.15, 0.2) is 35.3 Å². The van der Waals surface area contributed by atoms with Gasteiger partial charge in [-0.25, -0.2) is 0 Å². The second-order valence-corrected chi connectivity index (χ2v) is 7.54. The van der Waals surface area contributed by atoms with Crippen LogP contribution in [0.5, 0.6) is 0 Å². The van der Waals surface area contributed by atoms with Gasteiger partial charge in [-0.2, -0.15) is 0 Å². The summed E-state index contributed by atoms with van der Waals surface area (Å²) in [5.74, 6) is 0.811. The zero-order valence-corrected chi connectivity index (χ0v) is 16.6. The van der Waals surface area contributed by atoms with E-state index in [1.807, 2.05) is 30.3 Å². The van der Waals surface area contributed by atoms with Gasteiger partial charge in [-0.1, -0.05) is 37.5 Å². The lowest BCUT2D eigenvalue weighted by Gasteiger charge is -2.23. The van der Waals surface area contributed by atoms with E-state index >= 15 is 0 Å². The Bertz CT molecular complexity index is 685. The van der Waals surface area contributed by atoms with Gasteiger partial charge in [-0.15, -0.1) is 0 Å². The van der Waals surface area contributed by atoms with Crippen LogP contribution in [0.3, 0.4) is 0 Å². The summed E-state index contributed by atoms with van der Waals surface area (Å²) in [4.78, 5) is 30.4. The van der Waals surface area contributed by atoms with Crippen molar-refractivity contribution in [3.8, 4) is 0 Å². The summed E-state index contributed by atoms with van der Waals surface area (Å²) in [6.07, 6.45) is 6.72. The van der Waals surface area contributed by atoms with E-state index in [9.17, 15) is 9.59 Å². The van der Waals surface area contributed by atoms with Crippen molar-refractivity contribution < 1.29 is 9.59 Å². The first kappa shape index (κ1) is 20.2. The molecule has 1 saturated carbocycles. The Hall–Kier alpha value is -2.57. The number of anilines is 1. The molecule has 7 heteroatoms. The highest BCUT2D eigenvalue weighted by molar-refractivity contribution is 5.97. The highest BCUT2D eigenvalue weighted by Gasteiger charge is 2.31. The predicted molar refractivity (Wildman–Crippen MR) is 111 cm³/mol. The quantitative estimate of drug-likeness (QED) is 0.515. The molecule has 7 nitrogen and oxygen atoms in total. The van der Waals surface area contributed by atoms with E-state index in [0.717, 1.165) is 18.5 Å². The van der Waals surface area contributed by atoms with Crippen molar-refractivity contribution in [3.63, 3.8) is 0 Å². The number of aliphatic imine (C=N–C) groups is 1. The molecule has 3 rings (SSSR count). The van der Waals surface area contributed by atoms with Gasteiger partial charge < -0.3 is 20.9 Å². The summed E-state index contributed by atoms with van der Waals surface area (Å²) in [6, 6.07) is 10.0. The summed E-state index contributed by atoms with van der Waals surface area (Å²) >= 11 is 0. The number of hydrogen-bond acceptors (Lipinski definition) is 3. The smallest absolute Gasteiger partial charge is 0.229 e. The number of amides is 2. The molecule has 1 aliphatic heterocycles. The van der Waals surface area contributed by atoms with E-state index in [2.05, 4.69) is 20.9 Å². The highest BCUT2D eigenvalue weighted by atomic mass is 16.2. The van der Waals surface area contributed by atoms with E-state index in [4.69, 9.17) is 0 Å². The van der Waals surface area contributed by atoms with Gasteiger partial charge in [0, 0.05) is 44.7 Å². The predicted octanol–water partition coefficient (Wildman–Crippen LogP) is 1.80. The molecule has 28 heavy (non-hydrogen) atoms. The normalized spacial score (nSPS) is 20.9. The summed E-state index contributed by atoms with van der Waals surface area (Å²) in [7, 11) is 1.70. The average Bonchev–Trinajstić information content (AvgIpc) is 3.08. The Kier molecular flexibility index (Phi) is 7.28. The third-order valence-corrected chi connectivity index (χ3v) is 5.37. The molecule has 152 valence electrons. The fourth-order valence-corrected chi connectivity index (χ4v) is 3.89. The van der Waals surface area contributed by atoms with Crippen LogP contribution in [-0.4, -0.2) is 50.0 Å². The molecule has 2 fully saturated rings. The Morgan fingerprint density at radius 2 is 1.86 bits per heavy atom. The third-order valence-electron chi connectivity index (χ3n) is 5.37. The van der Waals surface area contributed by atoms with Crippen LogP contribution < -0.4 is 20.9 Å². The number of rotatable bonds is 6. The van der Waals surface area contributed by atoms with Gasteiger partial charge in [0.25, 0.3) is 0 Å². The molecule has 1 heterocycles. The molecule has 1 saturated heterocycles. The van der Waals surface area contributed by atoms with Crippen molar-refractivity contribution in [3.05, 3.63) is 30.3 Å². The van der Waals surface area contributed by atoms with Crippen molar-refractivity contribution in [1.82, 2.24) is 16.0 Å². The van der Waals surface area contributed by atoms with E-state index in [1.165, 1.54) is 19.3 Å². The molecule has 0 radical (unpaired) electrons. The van der Waals surface area contributed by atoms with E-state index < -0.39 is 0 Å². The number of hydrogen-bond donors (Lipinski definition) is 3. The number of nitrogens with zero attached hydrogens (tertiary/aromatic N) is 2. The molecule has 1 atom stereocenters. The molecule has 0 aromatic heterocycles. The lowest BCUT2D eigenvalue weighted by atomic mass is 9.95. The van der Waals surface area contributed by atoms with Crippen LogP contribution in [0, 0.1) is 0 Å². The van der Waals surface area contributed by atoms with Crippen molar-refractivity contribution in [2.45, 2.75) is 57.0 Å². The second kappa shape index (κ2) is 10.1. The Morgan fingerprint density at radius 1 is 1.11 bits per heavy atom. The third kappa shape index (κ3) is 5.71. The maximum Gasteiger partial charge on any atom is 0.229 e. The first-order valence-corrected chi connectivity index (χ1v) is 10.3. The number of nitrogens with one attached hydrogen (secondary N) is 3. The zero-order chi connectivity index (χ0) is 19.8. The van der Waals surface area contributed by atoms with E-state index in [1.54, 1.807) is 11.9 Å². The van der Waals surface area contributed by atoms with Crippen molar-refractivity contribution in [1.29, 1.82) is 0 Å². The largest absolute Gasteiger partial charge is 0.356 e. The number of guanidine groups is 1. The molecule has 3 N–H and O–H groups in total. The van der Waals surface area contributed by atoms with Crippen LogP contribution in [-0.2, 0) is 9.59 Å². The first-order valence-electron chi connectivity index (χ1n) is 10.3. The minimum atomic E-state index is -0.00466. The van der Waals surface area contributed by atoms with Crippen molar-refractivity contribution >= 4 is 23.5 Å². The van der Waals surface area contributed by atoms with E-state index in [-0.39, 0.29) is 17.9 Å². The van der Waals surface area contributed by atoms with Gasteiger partial charge >= 0.3 is 0 Å². The minimum Gasteiger partial charge on any atom is -0.356 e.